The van der Waals surface area contributed by atoms with Crippen LogP contribution in [0.3, 0.4) is 0 Å². The number of methoxy groups -OCH3 is 1. The average molecular weight is 309 g/mol. The van der Waals surface area contributed by atoms with Crippen molar-refractivity contribution in [2.45, 2.75) is 6.92 Å². The molecule has 3 rings (SSSR count). The van der Waals surface area contributed by atoms with Gasteiger partial charge in [-0.3, -0.25) is 0 Å². The third-order valence-corrected chi connectivity index (χ3v) is 3.58. The molecule has 6 heteroatoms. The van der Waals surface area contributed by atoms with Crippen molar-refractivity contribution in [2.24, 2.45) is 0 Å². The first-order valence-corrected chi connectivity index (χ1v) is 6.99. The van der Waals surface area contributed by atoms with Crippen molar-refractivity contribution in [3.63, 3.8) is 0 Å². The maximum Gasteiger partial charge on any atom is 0.335 e. The van der Waals surface area contributed by atoms with Gasteiger partial charge in [-0.25, -0.2) is 9.48 Å². The van der Waals surface area contributed by atoms with Gasteiger partial charge in [-0.15, -0.1) is 5.10 Å². The molecule has 1 heterocycles. The van der Waals surface area contributed by atoms with Crippen LogP contribution in [0, 0.1) is 6.92 Å². The first kappa shape index (κ1) is 14.8. The minimum atomic E-state index is -0.978. The molecule has 0 atom stereocenters. The van der Waals surface area contributed by atoms with Gasteiger partial charge in [0.25, 0.3) is 0 Å². The summed E-state index contributed by atoms with van der Waals surface area (Å²) in [7, 11) is 1.63. The third-order valence-electron chi connectivity index (χ3n) is 3.58. The molecule has 0 aliphatic heterocycles. The van der Waals surface area contributed by atoms with E-state index in [-0.39, 0.29) is 5.56 Å². The number of aryl methyl sites for hydroxylation is 1. The van der Waals surface area contributed by atoms with Gasteiger partial charge in [0.2, 0.25) is 0 Å². The van der Waals surface area contributed by atoms with Crippen molar-refractivity contribution < 1.29 is 14.6 Å². The first-order chi connectivity index (χ1) is 11.1. The van der Waals surface area contributed by atoms with E-state index < -0.39 is 5.97 Å². The van der Waals surface area contributed by atoms with Crippen molar-refractivity contribution in [1.29, 1.82) is 0 Å². The summed E-state index contributed by atoms with van der Waals surface area (Å²) in [5, 5.41) is 17.2. The second-order valence-corrected chi connectivity index (χ2v) is 5.07. The summed E-state index contributed by atoms with van der Waals surface area (Å²) in [5.41, 5.74) is 3.55. The van der Waals surface area contributed by atoms with E-state index in [1.165, 1.54) is 0 Å². The molecule has 2 aromatic carbocycles. The van der Waals surface area contributed by atoms with Crippen LogP contribution in [-0.2, 0) is 0 Å². The lowest BCUT2D eigenvalue weighted by Crippen LogP contribution is -2.03. The number of hydrogen-bond acceptors (Lipinski definition) is 4. The largest absolute Gasteiger partial charge is 0.496 e. The van der Waals surface area contributed by atoms with Gasteiger partial charge in [0, 0.05) is 5.56 Å². The van der Waals surface area contributed by atoms with E-state index in [4.69, 9.17) is 9.84 Å². The van der Waals surface area contributed by atoms with Crippen LogP contribution in [0.1, 0.15) is 15.9 Å². The second kappa shape index (κ2) is 5.92. The fraction of sp³-hybridized carbons (Fsp3) is 0.118. The molecule has 0 unspecified atom stereocenters. The zero-order valence-electron chi connectivity index (χ0n) is 12.7. The van der Waals surface area contributed by atoms with Crippen LogP contribution >= 0.6 is 0 Å². The van der Waals surface area contributed by atoms with Crippen LogP contribution in [-0.4, -0.2) is 33.2 Å². The SMILES string of the molecule is COc1ccc(-c2cnnn2-c2cccc(C(=O)O)c2)cc1C. The average Bonchev–Trinajstić information content (AvgIpc) is 3.04. The van der Waals surface area contributed by atoms with Crippen LogP contribution in [0.4, 0.5) is 0 Å². The number of aromatic carboxylic acids is 1. The van der Waals surface area contributed by atoms with E-state index in [2.05, 4.69) is 10.3 Å². The smallest absolute Gasteiger partial charge is 0.335 e. The summed E-state index contributed by atoms with van der Waals surface area (Å²) in [6.45, 7) is 1.96. The number of benzene rings is 2. The molecule has 0 spiro atoms. The standard InChI is InChI=1S/C17H15N3O3/c1-11-8-12(6-7-16(11)23-2)15-10-18-19-20(15)14-5-3-4-13(9-14)17(21)22/h3-10H,1-2H3,(H,21,22). The second-order valence-electron chi connectivity index (χ2n) is 5.07. The Morgan fingerprint density at radius 2 is 2.04 bits per heavy atom. The molecule has 0 fully saturated rings. The minimum absolute atomic E-state index is 0.204. The molecule has 23 heavy (non-hydrogen) atoms. The molecule has 0 saturated carbocycles. The molecule has 6 nitrogen and oxygen atoms in total. The van der Waals surface area contributed by atoms with E-state index in [0.29, 0.717) is 5.69 Å². The Labute approximate surface area is 133 Å². The number of nitrogens with zero attached hydrogens (tertiary/aromatic N) is 3. The highest BCUT2D eigenvalue weighted by atomic mass is 16.5. The summed E-state index contributed by atoms with van der Waals surface area (Å²) >= 11 is 0. The Balaban J connectivity index is 2.08. The maximum absolute atomic E-state index is 11.1. The summed E-state index contributed by atoms with van der Waals surface area (Å²) < 4.78 is 6.89. The normalized spacial score (nSPS) is 10.5. The Bertz CT molecular complexity index is 871. The molecule has 3 aromatic rings. The molecule has 116 valence electrons. The Morgan fingerprint density at radius 1 is 1.22 bits per heavy atom. The monoisotopic (exact) mass is 309 g/mol. The number of carboxylic acids is 1. The highest BCUT2D eigenvalue weighted by Crippen LogP contribution is 2.27. The van der Waals surface area contributed by atoms with Gasteiger partial charge in [-0.05, 0) is 48.9 Å². The molecule has 1 N–H and O–H groups in total. The van der Waals surface area contributed by atoms with Crippen molar-refractivity contribution in [3.8, 4) is 22.7 Å². The lowest BCUT2D eigenvalue weighted by atomic mass is 10.1. The molecule has 0 amide bonds. The van der Waals surface area contributed by atoms with Gasteiger partial charge in [0.05, 0.1) is 30.3 Å². The van der Waals surface area contributed by atoms with Crippen molar-refractivity contribution in [1.82, 2.24) is 15.0 Å². The summed E-state index contributed by atoms with van der Waals surface area (Å²) in [4.78, 5) is 11.1. The molecule has 0 aliphatic carbocycles. The zero-order valence-corrected chi connectivity index (χ0v) is 12.7. The molecular formula is C17H15N3O3. The quantitative estimate of drug-likeness (QED) is 0.801. The molecule has 0 aliphatic rings. The van der Waals surface area contributed by atoms with Gasteiger partial charge in [-0.1, -0.05) is 11.3 Å². The lowest BCUT2D eigenvalue weighted by molar-refractivity contribution is 0.0697. The van der Waals surface area contributed by atoms with Gasteiger partial charge in [-0.2, -0.15) is 0 Å². The van der Waals surface area contributed by atoms with E-state index in [1.54, 1.807) is 42.3 Å². The van der Waals surface area contributed by atoms with E-state index in [9.17, 15) is 4.79 Å². The number of ether oxygens (including phenoxy) is 1. The van der Waals surface area contributed by atoms with Gasteiger partial charge >= 0.3 is 5.97 Å². The molecule has 0 radical (unpaired) electrons. The molecule has 0 saturated heterocycles. The highest BCUT2D eigenvalue weighted by Gasteiger charge is 2.12. The summed E-state index contributed by atoms with van der Waals surface area (Å²) in [6, 6.07) is 12.4. The number of carboxylic acid groups (broad SMARTS) is 1. The fourth-order valence-electron chi connectivity index (χ4n) is 2.43. The first-order valence-electron chi connectivity index (χ1n) is 6.99. The van der Waals surface area contributed by atoms with E-state index >= 15 is 0 Å². The fourth-order valence-corrected chi connectivity index (χ4v) is 2.43. The number of aromatic nitrogens is 3. The van der Waals surface area contributed by atoms with Gasteiger partial charge in [0.1, 0.15) is 5.75 Å². The van der Waals surface area contributed by atoms with Crippen LogP contribution in [0.5, 0.6) is 5.75 Å². The number of hydrogen-bond donors (Lipinski definition) is 1. The van der Waals surface area contributed by atoms with Crippen LogP contribution in [0.2, 0.25) is 0 Å². The van der Waals surface area contributed by atoms with Crippen molar-refractivity contribution in [3.05, 3.63) is 59.8 Å². The van der Waals surface area contributed by atoms with Gasteiger partial charge in [0.15, 0.2) is 0 Å². The zero-order chi connectivity index (χ0) is 16.4. The summed E-state index contributed by atoms with van der Waals surface area (Å²) in [5.74, 6) is -0.172. The molecule has 0 bridgehead atoms. The summed E-state index contributed by atoms with van der Waals surface area (Å²) in [6.07, 6.45) is 1.65. The van der Waals surface area contributed by atoms with E-state index in [0.717, 1.165) is 22.6 Å². The maximum atomic E-state index is 11.1. The minimum Gasteiger partial charge on any atom is -0.496 e. The molecule has 1 aromatic heterocycles. The van der Waals surface area contributed by atoms with Crippen LogP contribution in [0.15, 0.2) is 48.7 Å². The third kappa shape index (κ3) is 2.78. The van der Waals surface area contributed by atoms with Crippen molar-refractivity contribution in [2.75, 3.05) is 7.11 Å². The molecular weight excluding hydrogens is 294 g/mol. The van der Waals surface area contributed by atoms with Crippen LogP contribution in [0.25, 0.3) is 16.9 Å². The van der Waals surface area contributed by atoms with Crippen molar-refractivity contribution >= 4 is 5.97 Å². The van der Waals surface area contributed by atoms with E-state index in [1.807, 2.05) is 25.1 Å². The number of rotatable bonds is 4. The predicted molar refractivity (Wildman–Crippen MR) is 85.0 cm³/mol. The van der Waals surface area contributed by atoms with Crippen LogP contribution < -0.4 is 4.74 Å². The number of carbonyl (C=O) groups is 1. The predicted octanol–water partition coefficient (Wildman–Crippen LogP) is 2.95. The topological polar surface area (TPSA) is 77.2 Å². The highest BCUT2D eigenvalue weighted by molar-refractivity contribution is 5.88. The Hall–Kier alpha value is -3.15. The lowest BCUT2D eigenvalue weighted by Gasteiger charge is -2.09. The Morgan fingerprint density at radius 3 is 2.74 bits per heavy atom. The Kier molecular flexibility index (Phi) is 3.80. The van der Waals surface area contributed by atoms with Gasteiger partial charge < -0.3 is 9.84 Å².